The maximum Gasteiger partial charge on any atom is 0.264 e. The molecule has 0 saturated carbocycles. The second-order valence-corrected chi connectivity index (χ2v) is 11.0. The molecule has 8 nitrogen and oxygen atoms in total. The van der Waals surface area contributed by atoms with Crippen LogP contribution in [0.1, 0.15) is 38.7 Å². The molecule has 0 unspecified atom stereocenters. The highest BCUT2D eigenvalue weighted by Crippen LogP contribution is 2.25. The second kappa shape index (κ2) is 14.3. The Kier molecular flexibility index (Phi) is 10.9. The third kappa shape index (κ3) is 7.83. The van der Waals surface area contributed by atoms with Gasteiger partial charge in [0.15, 0.2) is 0 Å². The molecular weight excluding hydrogens is 514 g/mol. The molecule has 0 saturated heterocycles. The van der Waals surface area contributed by atoms with Gasteiger partial charge in [-0.2, -0.15) is 0 Å². The van der Waals surface area contributed by atoms with Gasteiger partial charge in [-0.05, 0) is 54.8 Å². The molecule has 0 heterocycles. The third-order valence-corrected chi connectivity index (χ3v) is 8.14. The SMILES string of the molecule is CCCCNC(=O)[C@@H](CC)N(Cc1cccc(OC)c1)C(=O)CN(c1ccccc1)S(=O)(=O)c1ccccc1. The van der Waals surface area contributed by atoms with Crippen LogP contribution in [0.5, 0.6) is 5.75 Å². The van der Waals surface area contributed by atoms with Gasteiger partial charge in [0.1, 0.15) is 18.3 Å². The molecule has 39 heavy (non-hydrogen) atoms. The quantitative estimate of drug-likeness (QED) is 0.295. The Bertz CT molecular complexity index is 1320. The molecule has 9 heteroatoms. The van der Waals surface area contributed by atoms with Crippen LogP contribution in [0.2, 0.25) is 0 Å². The minimum Gasteiger partial charge on any atom is -0.497 e. The number of methoxy groups -OCH3 is 1. The fraction of sp³-hybridized carbons (Fsp3) is 0.333. The lowest BCUT2D eigenvalue weighted by molar-refractivity contribution is -0.140. The summed E-state index contributed by atoms with van der Waals surface area (Å²) in [5, 5.41) is 2.93. The van der Waals surface area contributed by atoms with Crippen molar-refractivity contribution >= 4 is 27.5 Å². The van der Waals surface area contributed by atoms with Crippen molar-refractivity contribution in [2.75, 3.05) is 24.5 Å². The zero-order valence-electron chi connectivity index (χ0n) is 22.7. The third-order valence-electron chi connectivity index (χ3n) is 6.36. The summed E-state index contributed by atoms with van der Waals surface area (Å²) in [4.78, 5) is 28.8. The Morgan fingerprint density at radius 1 is 0.923 bits per heavy atom. The highest BCUT2D eigenvalue weighted by Gasteiger charge is 2.33. The largest absolute Gasteiger partial charge is 0.497 e. The van der Waals surface area contributed by atoms with Gasteiger partial charge in [-0.1, -0.05) is 68.8 Å². The van der Waals surface area contributed by atoms with Crippen molar-refractivity contribution in [1.29, 1.82) is 0 Å². The van der Waals surface area contributed by atoms with Crippen molar-refractivity contribution in [1.82, 2.24) is 10.2 Å². The Morgan fingerprint density at radius 2 is 1.59 bits per heavy atom. The van der Waals surface area contributed by atoms with Gasteiger partial charge in [-0.3, -0.25) is 13.9 Å². The van der Waals surface area contributed by atoms with Gasteiger partial charge < -0.3 is 15.0 Å². The number of rotatable bonds is 14. The zero-order valence-corrected chi connectivity index (χ0v) is 23.6. The van der Waals surface area contributed by atoms with E-state index in [0.29, 0.717) is 24.4 Å². The standard InChI is InChI=1S/C30H37N3O5S/c1-4-6-20-31-30(35)28(5-2)32(22-24-14-13-17-26(21-24)38-3)29(34)23-33(25-15-9-7-10-16-25)39(36,37)27-18-11-8-12-19-27/h7-19,21,28H,4-6,20,22-23H2,1-3H3,(H,31,35)/t28-/m1/s1. The van der Waals surface area contributed by atoms with Gasteiger partial charge in [0.05, 0.1) is 17.7 Å². The van der Waals surface area contributed by atoms with E-state index in [0.717, 1.165) is 22.7 Å². The average Bonchev–Trinajstić information content (AvgIpc) is 2.96. The molecular formula is C30H37N3O5S. The Morgan fingerprint density at radius 3 is 2.21 bits per heavy atom. The van der Waals surface area contributed by atoms with Crippen LogP contribution >= 0.6 is 0 Å². The normalized spacial score (nSPS) is 11.9. The van der Waals surface area contributed by atoms with Crippen molar-refractivity contribution < 1.29 is 22.7 Å². The van der Waals surface area contributed by atoms with E-state index in [1.807, 2.05) is 26.0 Å². The molecule has 1 N–H and O–H groups in total. The number of para-hydroxylation sites is 1. The Labute approximate surface area is 231 Å². The molecule has 0 aliphatic carbocycles. The number of benzene rings is 3. The molecule has 3 aromatic carbocycles. The maximum atomic E-state index is 14.0. The van der Waals surface area contributed by atoms with E-state index in [1.165, 1.54) is 17.0 Å². The number of hydrogen-bond donors (Lipinski definition) is 1. The van der Waals surface area contributed by atoms with Crippen LogP contribution in [-0.2, 0) is 26.2 Å². The predicted molar refractivity (Wildman–Crippen MR) is 153 cm³/mol. The summed E-state index contributed by atoms with van der Waals surface area (Å²) in [5.41, 5.74) is 1.12. The highest BCUT2D eigenvalue weighted by atomic mass is 32.2. The molecule has 2 amide bonds. The topological polar surface area (TPSA) is 96.0 Å². The minimum atomic E-state index is -4.07. The molecule has 208 valence electrons. The summed E-state index contributed by atoms with van der Waals surface area (Å²) >= 11 is 0. The molecule has 0 radical (unpaired) electrons. The molecule has 0 aromatic heterocycles. The van der Waals surface area contributed by atoms with Crippen LogP contribution in [0.15, 0.2) is 89.8 Å². The first-order valence-corrected chi connectivity index (χ1v) is 14.6. The number of nitrogens with zero attached hydrogens (tertiary/aromatic N) is 2. The zero-order chi connectivity index (χ0) is 28.3. The molecule has 1 atom stereocenters. The molecule has 3 aromatic rings. The van der Waals surface area contributed by atoms with E-state index in [2.05, 4.69) is 5.32 Å². The molecule has 0 spiro atoms. The number of unbranched alkanes of at least 4 members (excludes halogenated alkanes) is 1. The van der Waals surface area contributed by atoms with Crippen molar-refractivity contribution in [2.24, 2.45) is 0 Å². The van der Waals surface area contributed by atoms with Crippen molar-refractivity contribution in [3.63, 3.8) is 0 Å². The summed E-state index contributed by atoms with van der Waals surface area (Å²) in [5.74, 6) is -0.129. The first kappa shape index (κ1) is 29.7. The summed E-state index contributed by atoms with van der Waals surface area (Å²) < 4.78 is 33.9. The van der Waals surface area contributed by atoms with Gasteiger partial charge in [0.25, 0.3) is 10.0 Å². The van der Waals surface area contributed by atoms with Gasteiger partial charge >= 0.3 is 0 Å². The van der Waals surface area contributed by atoms with Gasteiger partial charge in [0.2, 0.25) is 11.8 Å². The maximum absolute atomic E-state index is 14.0. The van der Waals surface area contributed by atoms with Crippen LogP contribution < -0.4 is 14.4 Å². The van der Waals surface area contributed by atoms with Crippen molar-refractivity contribution in [3.05, 3.63) is 90.5 Å². The van der Waals surface area contributed by atoms with E-state index < -0.39 is 28.5 Å². The second-order valence-electron chi connectivity index (χ2n) is 9.10. The Balaban J connectivity index is 2.00. The van der Waals surface area contributed by atoms with Crippen LogP contribution in [0.3, 0.4) is 0 Å². The summed E-state index contributed by atoms with van der Waals surface area (Å²) in [6.07, 6.45) is 2.11. The number of anilines is 1. The van der Waals surface area contributed by atoms with Crippen LogP contribution in [0.25, 0.3) is 0 Å². The average molecular weight is 552 g/mol. The number of ether oxygens (including phenoxy) is 1. The summed E-state index contributed by atoms with van der Waals surface area (Å²) in [6.45, 7) is 4.03. The molecule has 0 bridgehead atoms. The van der Waals surface area contributed by atoms with Crippen LogP contribution in [0, 0.1) is 0 Å². The van der Waals surface area contributed by atoms with Crippen LogP contribution in [-0.4, -0.2) is 51.4 Å². The lowest BCUT2D eigenvalue weighted by Gasteiger charge is -2.33. The molecule has 3 rings (SSSR count). The monoisotopic (exact) mass is 551 g/mol. The van der Waals surface area contributed by atoms with Crippen molar-refractivity contribution in [2.45, 2.75) is 50.6 Å². The number of sulfonamides is 1. The Hall–Kier alpha value is -3.85. The summed E-state index contributed by atoms with van der Waals surface area (Å²) in [6, 6.07) is 23.0. The number of carbonyl (C=O) groups excluding carboxylic acids is 2. The number of carbonyl (C=O) groups is 2. The molecule has 0 fully saturated rings. The summed E-state index contributed by atoms with van der Waals surface area (Å²) in [7, 11) is -2.51. The van der Waals surface area contributed by atoms with E-state index in [-0.39, 0.29) is 17.3 Å². The van der Waals surface area contributed by atoms with Gasteiger partial charge in [-0.25, -0.2) is 8.42 Å². The molecule has 0 aliphatic rings. The number of hydrogen-bond acceptors (Lipinski definition) is 5. The smallest absolute Gasteiger partial charge is 0.264 e. The fourth-order valence-electron chi connectivity index (χ4n) is 4.24. The van der Waals surface area contributed by atoms with E-state index in [1.54, 1.807) is 67.8 Å². The van der Waals surface area contributed by atoms with Gasteiger partial charge in [-0.15, -0.1) is 0 Å². The fourth-order valence-corrected chi connectivity index (χ4v) is 5.67. The van der Waals surface area contributed by atoms with E-state index in [4.69, 9.17) is 4.74 Å². The van der Waals surface area contributed by atoms with Gasteiger partial charge in [0, 0.05) is 13.1 Å². The van der Waals surface area contributed by atoms with E-state index in [9.17, 15) is 18.0 Å². The van der Waals surface area contributed by atoms with Crippen molar-refractivity contribution in [3.8, 4) is 5.75 Å². The highest BCUT2D eigenvalue weighted by molar-refractivity contribution is 7.92. The predicted octanol–water partition coefficient (Wildman–Crippen LogP) is 4.61. The first-order chi connectivity index (χ1) is 18.8. The van der Waals surface area contributed by atoms with Crippen LogP contribution in [0.4, 0.5) is 5.69 Å². The first-order valence-electron chi connectivity index (χ1n) is 13.1. The van der Waals surface area contributed by atoms with E-state index >= 15 is 0 Å². The number of nitrogens with one attached hydrogen (secondary N) is 1. The molecule has 0 aliphatic heterocycles. The number of amides is 2. The lowest BCUT2D eigenvalue weighted by atomic mass is 10.1. The lowest BCUT2D eigenvalue weighted by Crippen LogP contribution is -2.52. The minimum absolute atomic E-state index is 0.0744.